The summed E-state index contributed by atoms with van der Waals surface area (Å²) >= 11 is 0. The summed E-state index contributed by atoms with van der Waals surface area (Å²) < 4.78 is 25.6. The topological polar surface area (TPSA) is 83.6 Å². The summed E-state index contributed by atoms with van der Waals surface area (Å²) in [5.74, 6) is -0.572. The van der Waals surface area contributed by atoms with E-state index in [1.165, 1.54) is 6.07 Å². The maximum Gasteiger partial charge on any atom is 0.226 e. The zero-order valence-corrected chi connectivity index (χ0v) is 18.7. The molecule has 160 valence electrons. The van der Waals surface area contributed by atoms with E-state index in [1.807, 2.05) is 45.9 Å². The van der Waals surface area contributed by atoms with E-state index in [9.17, 15) is 18.0 Å². The number of fused-ring (bicyclic) bond motifs is 1. The molecule has 1 heterocycles. The number of aryl methyl sites for hydroxylation is 2. The molecule has 1 aliphatic heterocycles. The maximum atomic E-state index is 12.8. The Labute approximate surface area is 178 Å². The Morgan fingerprint density at radius 1 is 1.13 bits per heavy atom. The number of hydrogen-bond acceptors (Lipinski definition) is 4. The van der Waals surface area contributed by atoms with Crippen LogP contribution in [0.1, 0.15) is 43.4 Å². The predicted octanol–water partition coefficient (Wildman–Crippen LogP) is 3.79. The summed E-state index contributed by atoms with van der Waals surface area (Å²) in [6, 6.07) is 10.6. The number of rotatable bonds is 6. The molecular formula is C23H28N2O4S. The number of sulfone groups is 1. The van der Waals surface area contributed by atoms with Gasteiger partial charge in [0, 0.05) is 30.3 Å². The molecule has 0 aliphatic carbocycles. The van der Waals surface area contributed by atoms with Crippen LogP contribution in [-0.2, 0) is 25.8 Å². The minimum atomic E-state index is -3.61. The zero-order valence-electron chi connectivity index (χ0n) is 17.9. The lowest BCUT2D eigenvalue weighted by atomic mass is 10.1. The molecule has 0 radical (unpaired) electrons. The Kier molecular flexibility index (Phi) is 6.31. The van der Waals surface area contributed by atoms with Crippen molar-refractivity contribution in [3.63, 3.8) is 0 Å². The molecule has 3 rings (SSSR count). The Balaban J connectivity index is 1.71. The van der Waals surface area contributed by atoms with Gasteiger partial charge in [-0.15, -0.1) is 0 Å². The highest BCUT2D eigenvalue weighted by Gasteiger charge is 2.31. The predicted molar refractivity (Wildman–Crippen MR) is 119 cm³/mol. The molecule has 6 nitrogen and oxygen atoms in total. The van der Waals surface area contributed by atoms with Gasteiger partial charge in [-0.3, -0.25) is 9.59 Å². The van der Waals surface area contributed by atoms with Crippen LogP contribution in [0.15, 0.2) is 41.3 Å². The first-order chi connectivity index (χ1) is 14.1. The molecule has 1 aliphatic rings. The minimum absolute atomic E-state index is 0.00810. The van der Waals surface area contributed by atoms with Gasteiger partial charge in [0.2, 0.25) is 11.8 Å². The highest BCUT2D eigenvalue weighted by Crippen LogP contribution is 2.34. The van der Waals surface area contributed by atoms with Gasteiger partial charge in [-0.05, 0) is 68.1 Å². The molecule has 0 fully saturated rings. The quantitative estimate of drug-likeness (QED) is 0.759. The largest absolute Gasteiger partial charge is 0.326 e. The molecule has 0 bridgehead atoms. The molecular weight excluding hydrogens is 400 g/mol. The number of hydrogen-bond donors (Lipinski definition) is 1. The Morgan fingerprint density at radius 3 is 2.57 bits per heavy atom. The normalized spacial score (nSPS) is 15.7. The summed E-state index contributed by atoms with van der Waals surface area (Å²) in [4.78, 5) is 26.5. The fourth-order valence-electron chi connectivity index (χ4n) is 3.78. The number of carbonyl (C=O) groups excluding carboxylic acids is 2. The van der Waals surface area contributed by atoms with Crippen molar-refractivity contribution in [1.82, 2.24) is 0 Å². The van der Waals surface area contributed by atoms with E-state index in [2.05, 4.69) is 5.32 Å². The van der Waals surface area contributed by atoms with Crippen LogP contribution in [0, 0.1) is 13.8 Å². The number of amides is 2. The summed E-state index contributed by atoms with van der Waals surface area (Å²) in [5, 5.41) is 2.80. The van der Waals surface area contributed by atoms with E-state index in [0.717, 1.165) is 22.4 Å². The molecule has 1 N–H and O–H groups in total. The maximum absolute atomic E-state index is 12.8. The fourth-order valence-corrected chi connectivity index (χ4v) is 5.07. The summed E-state index contributed by atoms with van der Waals surface area (Å²) in [7, 11) is -3.61. The fraction of sp³-hybridized carbons (Fsp3) is 0.391. The summed E-state index contributed by atoms with van der Waals surface area (Å²) in [6.07, 6.45) is 0.903. The van der Waals surface area contributed by atoms with E-state index in [4.69, 9.17) is 0 Å². The lowest BCUT2D eigenvalue weighted by Crippen LogP contribution is -2.35. The van der Waals surface area contributed by atoms with Gasteiger partial charge in [0.05, 0.1) is 10.6 Å². The Bertz CT molecular complexity index is 1090. The van der Waals surface area contributed by atoms with Gasteiger partial charge in [0.25, 0.3) is 0 Å². The molecule has 0 saturated heterocycles. The SMILES string of the molecule is CCC(=O)N1c2ccc(S(=O)(=O)CCC(=O)Nc3cc(C)ccc3C)cc2CC1C. The van der Waals surface area contributed by atoms with Crippen molar-refractivity contribution >= 4 is 33.0 Å². The van der Waals surface area contributed by atoms with Gasteiger partial charge in [-0.25, -0.2) is 8.42 Å². The first-order valence-corrected chi connectivity index (χ1v) is 11.8. The second kappa shape index (κ2) is 8.60. The van der Waals surface area contributed by atoms with Crippen LogP contribution in [0.25, 0.3) is 0 Å². The molecule has 0 saturated carbocycles. The van der Waals surface area contributed by atoms with E-state index in [-0.39, 0.29) is 34.9 Å². The second-order valence-electron chi connectivity index (χ2n) is 7.90. The summed E-state index contributed by atoms with van der Waals surface area (Å²) in [6.45, 7) is 7.60. The number of nitrogens with one attached hydrogen (secondary N) is 1. The molecule has 7 heteroatoms. The summed E-state index contributed by atoms with van der Waals surface area (Å²) in [5.41, 5.74) is 4.28. The van der Waals surface area contributed by atoms with E-state index >= 15 is 0 Å². The molecule has 2 aromatic rings. The van der Waals surface area contributed by atoms with Crippen LogP contribution in [0.3, 0.4) is 0 Å². The van der Waals surface area contributed by atoms with Crippen molar-refractivity contribution in [2.75, 3.05) is 16.0 Å². The van der Waals surface area contributed by atoms with Gasteiger partial charge >= 0.3 is 0 Å². The Morgan fingerprint density at radius 2 is 1.87 bits per heavy atom. The average molecular weight is 429 g/mol. The lowest BCUT2D eigenvalue weighted by molar-refractivity contribution is -0.118. The van der Waals surface area contributed by atoms with Gasteiger partial charge in [-0.2, -0.15) is 0 Å². The molecule has 1 atom stereocenters. The van der Waals surface area contributed by atoms with Gasteiger partial charge in [0.15, 0.2) is 9.84 Å². The third-order valence-corrected chi connectivity index (χ3v) is 7.18. The third-order valence-electron chi connectivity index (χ3n) is 5.46. The van der Waals surface area contributed by atoms with Crippen molar-refractivity contribution in [3.05, 3.63) is 53.1 Å². The second-order valence-corrected chi connectivity index (χ2v) is 10.0. The van der Waals surface area contributed by atoms with Crippen LogP contribution < -0.4 is 10.2 Å². The third kappa shape index (κ3) is 4.56. The number of anilines is 2. The van der Waals surface area contributed by atoms with Crippen molar-refractivity contribution in [2.45, 2.75) is 57.9 Å². The van der Waals surface area contributed by atoms with Gasteiger partial charge in [-0.1, -0.05) is 19.1 Å². The van der Waals surface area contributed by atoms with Crippen molar-refractivity contribution in [1.29, 1.82) is 0 Å². The Hall–Kier alpha value is -2.67. The smallest absolute Gasteiger partial charge is 0.226 e. The zero-order chi connectivity index (χ0) is 22.1. The lowest BCUT2D eigenvalue weighted by Gasteiger charge is -2.22. The molecule has 1 unspecified atom stereocenters. The average Bonchev–Trinajstić information content (AvgIpc) is 3.03. The highest BCUT2D eigenvalue weighted by atomic mass is 32.2. The molecule has 0 spiro atoms. The van der Waals surface area contributed by atoms with Crippen LogP contribution >= 0.6 is 0 Å². The van der Waals surface area contributed by atoms with Gasteiger partial charge < -0.3 is 10.2 Å². The monoisotopic (exact) mass is 428 g/mol. The van der Waals surface area contributed by atoms with Crippen molar-refractivity contribution in [2.24, 2.45) is 0 Å². The van der Waals surface area contributed by atoms with E-state index in [1.54, 1.807) is 17.0 Å². The van der Waals surface area contributed by atoms with Crippen LogP contribution in [0.5, 0.6) is 0 Å². The first-order valence-electron chi connectivity index (χ1n) is 10.2. The molecule has 30 heavy (non-hydrogen) atoms. The molecule has 2 aromatic carbocycles. The molecule has 2 amide bonds. The highest BCUT2D eigenvalue weighted by molar-refractivity contribution is 7.91. The van der Waals surface area contributed by atoms with Crippen LogP contribution in [0.4, 0.5) is 11.4 Å². The minimum Gasteiger partial charge on any atom is -0.326 e. The number of benzene rings is 2. The standard InChI is InChI=1S/C23H28N2O4S/c1-5-23(27)25-17(4)13-18-14-19(8-9-21(18)25)30(28,29)11-10-22(26)24-20-12-15(2)6-7-16(20)3/h6-9,12,14,17H,5,10-11,13H2,1-4H3,(H,24,26). The van der Waals surface area contributed by atoms with Crippen LogP contribution in [0.2, 0.25) is 0 Å². The van der Waals surface area contributed by atoms with Crippen molar-refractivity contribution in [3.8, 4) is 0 Å². The van der Waals surface area contributed by atoms with E-state index < -0.39 is 9.84 Å². The van der Waals surface area contributed by atoms with Gasteiger partial charge in [0.1, 0.15) is 0 Å². The number of carbonyl (C=O) groups is 2. The van der Waals surface area contributed by atoms with E-state index in [0.29, 0.717) is 18.5 Å². The van der Waals surface area contributed by atoms with Crippen molar-refractivity contribution < 1.29 is 18.0 Å². The molecule has 0 aromatic heterocycles. The number of nitrogens with zero attached hydrogens (tertiary/aromatic N) is 1. The van der Waals surface area contributed by atoms with Crippen LogP contribution in [-0.4, -0.2) is 32.0 Å². The first kappa shape index (κ1) is 22.0.